The number of aliphatic hydroxyl groups excluding tert-OH is 1. The molecule has 1 unspecified atom stereocenters. The molecule has 1 heterocycles. The number of hydrogen-bond donors (Lipinski definition) is 1. The molecule has 1 saturated heterocycles. The van der Waals surface area contributed by atoms with Crippen molar-refractivity contribution in [3.63, 3.8) is 0 Å². The van der Waals surface area contributed by atoms with Gasteiger partial charge in [0.15, 0.2) is 5.79 Å². The quantitative estimate of drug-likeness (QED) is 0.808. The number of benzene rings is 1. The van der Waals surface area contributed by atoms with Crippen molar-refractivity contribution >= 4 is 0 Å². The summed E-state index contributed by atoms with van der Waals surface area (Å²) in [5, 5.41) is 9.04. The lowest BCUT2D eigenvalue weighted by Crippen LogP contribution is -2.19. The maximum atomic E-state index is 9.04. The van der Waals surface area contributed by atoms with Crippen LogP contribution in [0.4, 0.5) is 0 Å². The zero-order chi connectivity index (χ0) is 10.9. The molecule has 1 aromatic rings. The highest BCUT2D eigenvalue weighted by Gasteiger charge is 2.33. The number of rotatable bonds is 2. The molecule has 0 amide bonds. The van der Waals surface area contributed by atoms with Crippen LogP contribution in [0.15, 0.2) is 24.3 Å². The Morgan fingerprint density at radius 2 is 2.27 bits per heavy atom. The number of hydrogen-bond acceptors (Lipinski definition) is 3. The molecule has 0 radical (unpaired) electrons. The third-order valence-corrected chi connectivity index (χ3v) is 2.51. The average molecular weight is 208 g/mol. The lowest BCUT2D eigenvalue weighted by atomic mass is 10.1. The first-order valence-corrected chi connectivity index (χ1v) is 5.12. The van der Waals surface area contributed by atoms with E-state index in [-0.39, 0.29) is 12.7 Å². The van der Waals surface area contributed by atoms with Gasteiger partial charge in [-0.05, 0) is 25.0 Å². The molecule has 0 aliphatic carbocycles. The van der Waals surface area contributed by atoms with Crippen LogP contribution in [0.1, 0.15) is 31.1 Å². The lowest BCUT2D eigenvalue weighted by molar-refractivity contribution is -0.139. The second kappa shape index (κ2) is 3.93. The van der Waals surface area contributed by atoms with E-state index in [0.29, 0.717) is 6.61 Å². The monoisotopic (exact) mass is 208 g/mol. The van der Waals surface area contributed by atoms with Crippen LogP contribution in [-0.4, -0.2) is 17.5 Å². The van der Waals surface area contributed by atoms with Crippen molar-refractivity contribution in [3.8, 4) is 0 Å². The normalized spacial score (nSPS) is 24.3. The molecule has 0 saturated carbocycles. The van der Waals surface area contributed by atoms with Crippen molar-refractivity contribution in [2.75, 3.05) is 6.61 Å². The van der Waals surface area contributed by atoms with Gasteiger partial charge >= 0.3 is 0 Å². The van der Waals surface area contributed by atoms with Gasteiger partial charge in [-0.15, -0.1) is 0 Å². The van der Waals surface area contributed by atoms with Gasteiger partial charge < -0.3 is 14.6 Å². The fourth-order valence-corrected chi connectivity index (χ4v) is 1.74. The number of aliphatic hydroxyl groups is 1. The second-order valence-electron chi connectivity index (χ2n) is 4.22. The van der Waals surface area contributed by atoms with Crippen molar-refractivity contribution in [3.05, 3.63) is 35.4 Å². The van der Waals surface area contributed by atoms with Crippen molar-refractivity contribution in [1.29, 1.82) is 0 Å². The highest BCUT2D eigenvalue weighted by Crippen LogP contribution is 2.32. The zero-order valence-electron chi connectivity index (χ0n) is 9.06. The van der Waals surface area contributed by atoms with E-state index in [1.807, 2.05) is 38.1 Å². The summed E-state index contributed by atoms with van der Waals surface area (Å²) in [6.07, 6.45) is -0.0218. The maximum absolute atomic E-state index is 9.04. The SMILES string of the molecule is CC1(C)OCC(c2cccc(CO)c2)O1. The Bertz CT molecular complexity index is 346. The molecular weight excluding hydrogens is 192 g/mol. The Balaban J connectivity index is 2.16. The average Bonchev–Trinajstić information content (AvgIpc) is 2.59. The van der Waals surface area contributed by atoms with Gasteiger partial charge in [-0.2, -0.15) is 0 Å². The van der Waals surface area contributed by atoms with Crippen molar-refractivity contribution in [2.24, 2.45) is 0 Å². The Morgan fingerprint density at radius 1 is 1.47 bits per heavy atom. The number of ether oxygens (including phenoxy) is 2. The van der Waals surface area contributed by atoms with Gasteiger partial charge in [-0.25, -0.2) is 0 Å². The molecule has 1 atom stereocenters. The van der Waals surface area contributed by atoms with Gasteiger partial charge in [0, 0.05) is 0 Å². The molecule has 15 heavy (non-hydrogen) atoms. The van der Waals surface area contributed by atoms with Crippen LogP contribution in [0.2, 0.25) is 0 Å². The molecule has 3 nitrogen and oxygen atoms in total. The molecule has 0 aromatic heterocycles. The van der Waals surface area contributed by atoms with E-state index in [1.54, 1.807) is 0 Å². The fourth-order valence-electron chi connectivity index (χ4n) is 1.74. The molecule has 1 aromatic carbocycles. The van der Waals surface area contributed by atoms with Crippen LogP contribution in [0.25, 0.3) is 0 Å². The van der Waals surface area contributed by atoms with Crippen LogP contribution in [-0.2, 0) is 16.1 Å². The topological polar surface area (TPSA) is 38.7 Å². The van der Waals surface area contributed by atoms with E-state index in [1.165, 1.54) is 0 Å². The van der Waals surface area contributed by atoms with E-state index in [2.05, 4.69) is 0 Å². The maximum Gasteiger partial charge on any atom is 0.163 e. The largest absolute Gasteiger partial charge is 0.392 e. The zero-order valence-corrected chi connectivity index (χ0v) is 9.06. The second-order valence-corrected chi connectivity index (χ2v) is 4.22. The first-order valence-electron chi connectivity index (χ1n) is 5.12. The Kier molecular flexibility index (Phi) is 2.78. The fraction of sp³-hybridized carbons (Fsp3) is 0.500. The smallest absolute Gasteiger partial charge is 0.163 e. The van der Waals surface area contributed by atoms with Gasteiger partial charge in [0.2, 0.25) is 0 Å². The van der Waals surface area contributed by atoms with E-state index in [4.69, 9.17) is 14.6 Å². The van der Waals surface area contributed by atoms with Crippen molar-refractivity contribution in [1.82, 2.24) is 0 Å². The predicted octanol–water partition coefficient (Wildman–Crippen LogP) is 2.00. The highest BCUT2D eigenvalue weighted by molar-refractivity contribution is 5.25. The summed E-state index contributed by atoms with van der Waals surface area (Å²) in [5.74, 6) is -0.500. The van der Waals surface area contributed by atoms with E-state index in [9.17, 15) is 0 Å². The summed E-state index contributed by atoms with van der Waals surface area (Å²) in [6.45, 7) is 4.44. The van der Waals surface area contributed by atoms with E-state index in [0.717, 1.165) is 11.1 Å². The summed E-state index contributed by atoms with van der Waals surface area (Å²) in [4.78, 5) is 0. The Hall–Kier alpha value is -0.900. The molecular formula is C12H16O3. The van der Waals surface area contributed by atoms with Crippen LogP contribution >= 0.6 is 0 Å². The molecule has 1 aliphatic rings. The van der Waals surface area contributed by atoms with Crippen LogP contribution in [0.5, 0.6) is 0 Å². The molecule has 82 valence electrons. The summed E-state index contributed by atoms with van der Waals surface area (Å²) in [5.41, 5.74) is 1.97. The van der Waals surface area contributed by atoms with Crippen molar-refractivity contribution in [2.45, 2.75) is 32.3 Å². The molecule has 1 fully saturated rings. The van der Waals surface area contributed by atoms with Gasteiger partial charge in [0.25, 0.3) is 0 Å². The standard InChI is InChI=1S/C12H16O3/c1-12(2)14-8-11(15-12)10-5-3-4-9(6-10)7-13/h3-6,11,13H,7-8H2,1-2H3. The molecule has 1 N–H and O–H groups in total. The van der Waals surface area contributed by atoms with Crippen molar-refractivity contribution < 1.29 is 14.6 Å². The third kappa shape index (κ3) is 2.37. The summed E-state index contributed by atoms with van der Waals surface area (Å²) >= 11 is 0. The van der Waals surface area contributed by atoms with Crippen LogP contribution in [0, 0.1) is 0 Å². The van der Waals surface area contributed by atoms with Gasteiger partial charge in [-0.1, -0.05) is 24.3 Å². The summed E-state index contributed by atoms with van der Waals surface area (Å²) < 4.78 is 11.2. The summed E-state index contributed by atoms with van der Waals surface area (Å²) in [6, 6.07) is 7.77. The third-order valence-electron chi connectivity index (χ3n) is 2.51. The minimum Gasteiger partial charge on any atom is -0.392 e. The first-order chi connectivity index (χ1) is 7.11. The molecule has 1 aliphatic heterocycles. The molecule has 2 rings (SSSR count). The minimum absolute atomic E-state index is 0.0218. The van der Waals surface area contributed by atoms with Gasteiger partial charge in [0.05, 0.1) is 13.2 Å². The first kappa shape index (κ1) is 10.6. The molecule has 0 spiro atoms. The Labute approximate surface area is 89.6 Å². The van der Waals surface area contributed by atoms with Gasteiger partial charge in [-0.3, -0.25) is 0 Å². The van der Waals surface area contributed by atoms with E-state index >= 15 is 0 Å². The van der Waals surface area contributed by atoms with Gasteiger partial charge in [0.1, 0.15) is 6.10 Å². The highest BCUT2D eigenvalue weighted by atomic mass is 16.7. The van der Waals surface area contributed by atoms with E-state index < -0.39 is 5.79 Å². The predicted molar refractivity (Wildman–Crippen MR) is 56.2 cm³/mol. The molecule has 0 bridgehead atoms. The van der Waals surface area contributed by atoms with Crippen LogP contribution in [0.3, 0.4) is 0 Å². The lowest BCUT2D eigenvalue weighted by Gasteiger charge is -2.17. The summed E-state index contributed by atoms with van der Waals surface area (Å²) in [7, 11) is 0. The minimum atomic E-state index is -0.500. The van der Waals surface area contributed by atoms with Crippen LogP contribution < -0.4 is 0 Å². The Morgan fingerprint density at radius 3 is 2.87 bits per heavy atom. The molecule has 3 heteroatoms.